The monoisotopic (exact) mass is 294 g/mol. The molecule has 2 aromatic carbocycles. The highest BCUT2D eigenvalue weighted by molar-refractivity contribution is 7.92. The van der Waals surface area contributed by atoms with Gasteiger partial charge in [-0.25, -0.2) is 8.42 Å². The van der Waals surface area contributed by atoms with E-state index in [1.807, 2.05) is 0 Å². The van der Waals surface area contributed by atoms with Crippen molar-refractivity contribution in [1.29, 1.82) is 0 Å². The minimum Gasteiger partial charge on any atom is -0.508 e. The number of aromatic hydroxyl groups is 1. The van der Waals surface area contributed by atoms with Crippen LogP contribution < -0.4 is 15.2 Å². The standard InChI is InChI=1S/C13H14N2O4S/c1-19-13-8-11(5-6-12(13)14)20(17,18)15-9-3-2-4-10(16)7-9/h2-8,15-16H,14H2,1H3. The fourth-order valence-electron chi connectivity index (χ4n) is 1.64. The van der Waals surface area contributed by atoms with Gasteiger partial charge in [-0.3, -0.25) is 4.72 Å². The molecule has 0 unspecified atom stereocenters. The van der Waals surface area contributed by atoms with E-state index in [4.69, 9.17) is 10.5 Å². The summed E-state index contributed by atoms with van der Waals surface area (Å²) >= 11 is 0. The molecule has 2 rings (SSSR count). The number of ether oxygens (including phenoxy) is 1. The number of rotatable bonds is 4. The number of phenols is 1. The number of sulfonamides is 1. The SMILES string of the molecule is COc1cc(S(=O)(=O)Nc2cccc(O)c2)ccc1N. The maximum absolute atomic E-state index is 12.2. The van der Waals surface area contributed by atoms with E-state index in [1.54, 1.807) is 0 Å². The molecule has 0 amide bonds. The van der Waals surface area contributed by atoms with Crippen LogP contribution in [-0.2, 0) is 10.0 Å². The predicted molar refractivity (Wildman–Crippen MR) is 76.3 cm³/mol. The Bertz CT molecular complexity index is 729. The van der Waals surface area contributed by atoms with Crippen molar-refractivity contribution in [3.05, 3.63) is 42.5 Å². The number of nitrogen functional groups attached to an aromatic ring is 1. The van der Waals surface area contributed by atoms with Gasteiger partial charge in [-0.15, -0.1) is 0 Å². The number of benzene rings is 2. The molecule has 7 heteroatoms. The van der Waals surface area contributed by atoms with Crippen molar-refractivity contribution in [2.75, 3.05) is 17.6 Å². The second-order valence-corrected chi connectivity index (χ2v) is 5.74. The van der Waals surface area contributed by atoms with E-state index in [1.165, 1.54) is 49.6 Å². The topological polar surface area (TPSA) is 102 Å². The van der Waals surface area contributed by atoms with Gasteiger partial charge in [0.2, 0.25) is 0 Å². The van der Waals surface area contributed by atoms with E-state index < -0.39 is 10.0 Å². The second kappa shape index (κ2) is 5.30. The van der Waals surface area contributed by atoms with Crippen LogP contribution in [0.4, 0.5) is 11.4 Å². The normalized spacial score (nSPS) is 11.1. The Hall–Kier alpha value is -2.41. The maximum atomic E-state index is 12.2. The van der Waals surface area contributed by atoms with Crippen molar-refractivity contribution in [3.63, 3.8) is 0 Å². The number of hydrogen-bond donors (Lipinski definition) is 3. The first-order valence-corrected chi connectivity index (χ1v) is 7.16. The van der Waals surface area contributed by atoms with Crippen molar-refractivity contribution in [2.24, 2.45) is 0 Å². The molecule has 0 aliphatic carbocycles. The minimum absolute atomic E-state index is 0.0203. The van der Waals surface area contributed by atoms with Crippen molar-refractivity contribution in [1.82, 2.24) is 0 Å². The molecular weight excluding hydrogens is 280 g/mol. The highest BCUT2D eigenvalue weighted by Gasteiger charge is 2.16. The first kappa shape index (κ1) is 14.0. The predicted octanol–water partition coefficient (Wildman–Crippen LogP) is 1.78. The molecule has 0 heterocycles. The van der Waals surface area contributed by atoms with Crippen LogP contribution in [0.1, 0.15) is 0 Å². The Kier molecular flexibility index (Phi) is 3.71. The average molecular weight is 294 g/mol. The molecule has 0 radical (unpaired) electrons. The molecule has 4 N–H and O–H groups in total. The first-order chi connectivity index (χ1) is 9.42. The van der Waals surface area contributed by atoms with Gasteiger partial charge in [0.1, 0.15) is 11.5 Å². The lowest BCUT2D eigenvalue weighted by atomic mass is 10.3. The van der Waals surface area contributed by atoms with Gasteiger partial charge in [0.15, 0.2) is 0 Å². The summed E-state index contributed by atoms with van der Waals surface area (Å²) in [6.07, 6.45) is 0. The first-order valence-electron chi connectivity index (χ1n) is 5.68. The zero-order chi connectivity index (χ0) is 14.8. The van der Waals surface area contributed by atoms with E-state index in [2.05, 4.69) is 4.72 Å². The lowest BCUT2D eigenvalue weighted by Gasteiger charge is -2.10. The molecule has 0 saturated carbocycles. The highest BCUT2D eigenvalue weighted by Crippen LogP contribution is 2.26. The summed E-state index contributed by atoms with van der Waals surface area (Å²) in [6.45, 7) is 0. The molecule has 6 nitrogen and oxygen atoms in total. The smallest absolute Gasteiger partial charge is 0.262 e. The van der Waals surface area contributed by atoms with Crippen LogP contribution in [0.2, 0.25) is 0 Å². The van der Waals surface area contributed by atoms with Gasteiger partial charge < -0.3 is 15.6 Å². The molecule has 0 fully saturated rings. The van der Waals surface area contributed by atoms with Gasteiger partial charge in [0, 0.05) is 12.1 Å². The highest BCUT2D eigenvalue weighted by atomic mass is 32.2. The van der Waals surface area contributed by atoms with E-state index in [9.17, 15) is 13.5 Å². The quantitative estimate of drug-likeness (QED) is 0.746. The molecule has 0 atom stereocenters. The summed E-state index contributed by atoms with van der Waals surface area (Å²) < 4.78 is 31.8. The molecule has 0 aliphatic rings. The third kappa shape index (κ3) is 2.94. The lowest BCUT2D eigenvalue weighted by Crippen LogP contribution is -2.13. The van der Waals surface area contributed by atoms with Crippen LogP contribution in [0.3, 0.4) is 0 Å². The molecule has 0 aliphatic heterocycles. The molecule has 0 aromatic heterocycles. The Balaban J connectivity index is 2.35. The summed E-state index contributed by atoms with van der Waals surface area (Å²) in [4.78, 5) is 0.0203. The molecule has 106 valence electrons. The van der Waals surface area contributed by atoms with Crippen LogP contribution >= 0.6 is 0 Å². The second-order valence-electron chi connectivity index (χ2n) is 4.06. The van der Waals surface area contributed by atoms with Gasteiger partial charge in [0.25, 0.3) is 10.0 Å². The summed E-state index contributed by atoms with van der Waals surface area (Å²) in [5, 5.41) is 9.33. The Morgan fingerprint density at radius 1 is 1.20 bits per heavy atom. The van der Waals surface area contributed by atoms with Gasteiger partial charge in [-0.2, -0.15) is 0 Å². The third-order valence-corrected chi connectivity index (χ3v) is 3.99. The summed E-state index contributed by atoms with van der Waals surface area (Å²) in [5.41, 5.74) is 6.26. The van der Waals surface area contributed by atoms with Gasteiger partial charge in [-0.05, 0) is 24.3 Å². The van der Waals surface area contributed by atoms with E-state index in [-0.39, 0.29) is 22.1 Å². The summed E-state index contributed by atoms with van der Waals surface area (Å²) in [5.74, 6) is 0.254. The fraction of sp³-hybridized carbons (Fsp3) is 0.0769. The maximum Gasteiger partial charge on any atom is 0.262 e. The molecule has 0 saturated heterocycles. The van der Waals surface area contributed by atoms with Gasteiger partial charge in [0.05, 0.1) is 23.4 Å². The molecule has 20 heavy (non-hydrogen) atoms. The lowest BCUT2D eigenvalue weighted by molar-refractivity contribution is 0.415. The average Bonchev–Trinajstić information content (AvgIpc) is 2.38. The largest absolute Gasteiger partial charge is 0.508 e. The van der Waals surface area contributed by atoms with E-state index in [0.717, 1.165) is 0 Å². The van der Waals surface area contributed by atoms with Gasteiger partial charge >= 0.3 is 0 Å². The Morgan fingerprint density at radius 3 is 2.60 bits per heavy atom. The fourth-order valence-corrected chi connectivity index (χ4v) is 2.71. The number of hydrogen-bond acceptors (Lipinski definition) is 5. The molecule has 0 spiro atoms. The van der Waals surface area contributed by atoms with E-state index >= 15 is 0 Å². The number of methoxy groups -OCH3 is 1. The van der Waals surface area contributed by atoms with Crippen molar-refractivity contribution >= 4 is 21.4 Å². The van der Waals surface area contributed by atoms with Crippen LogP contribution in [0.25, 0.3) is 0 Å². The third-order valence-electron chi connectivity index (χ3n) is 2.61. The summed E-state index contributed by atoms with van der Waals surface area (Å²) in [6, 6.07) is 10.00. The summed E-state index contributed by atoms with van der Waals surface area (Å²) in [7, 11) is -2.37. The minimum atomic E-state index is -3.78. The van der Waals surface area contributed by atoms with Gasteiger partial charge in [-0.1, -0.05) is 6.07 Å². The van der Waals surface area contributed by atoms with Crippen molar-refractivity contribution in [3.8, 4) is 11.5 Å². The molecule has 0 bridgehead atoms. The number of anilines is 2. The van der Waals surface area contributed by atoms with E-state index in [0.29, 0.717) is 5.69 Å². The number of nitrogens with two attached hydrogens (primary N) is 1. The Morgan fingerprint density at radius 2 is 1.95 bits per heavy atom. The van der Waals surface area contributed by atoms with Crippen LogP contribution in [-0.4, -0.2) is 20.6 Å². The van der Waals surface area contributed by atoms with Crippen molar-refractivity contribution < 1.29 is 18.3 Å². The van der Waals surface area contributed by atoms with Crippen molar-refractivity contribution in [2.45, 2.75) is 4.90 Å². The zero-order valence-corrected chi connectivity index (χ0v) is 11.5. The number of phenolic OH excluding ortho intramolecular Hbond substituents is 1. The van der Waals surface area contributed by atoms with Crippen LogP contribution in [0.5, 0.6) is 11.5 Å². The number of nitrogens with one attached hydrogen (secondary N) is 1. The Labute approximate surface area is 116 Å². The molecule has 2 aromatic rings. The molecular formula is C13H14N2O4S. The zero-order valence-electron chi connectivity index (χ0n) is 10.7. The van der Waals surface area contributed by atoms with Crippen LogP contribution in [0.15, 0.2) is 47.4 Å². The van der Waals surface area contributed by atoms with Crippen LogP contribution in [0, 0.1) is 0 Å².